The monoisotopic (exact) mass is 530 g/mol. The smallest absolute Gasteiger partial charge is 0.325 e. The Hall–Kier alpha value is -4.57. The van der Waals surface area contributed by atoms with Gasteiger partial charge < -0.3 is 15.3 Å². The molecule has 1 heterocycles. The van der Waals surface area contributed by atoms with Gasteiger partial charge in [-0.25, -0.2) is 4.98 Å². The first kappa shape index (κ1) is 26.5. The molecule has 0 aliphatic heterocycles. The first-order valence-electron chi connectivity index (χ1n) is 11.9. The molecule has 3 aromatic carbocycles. The van der Waals surface area contributed by atoms with Crippen molar-refractivity contribution in [3.63, 3.8) is 0 Å². The van der Waals surface area contributed by atoms with Crippen molar-refractivity contribution in [2.45, 2.75) is 25.9 Å². The van der Waals surface area contributed by atoms with Gasteiger partial charge in [0.25, 0.3) is 11.6 Å². The van der Waals surface area contributed by atoms with Gasteiger partial charge >= 0.3 is 5.97 Å². The van der Waals surface area contributed by atoms with Crippen molar-refractivity contribution in [2.24, 2.45) is 0 Å². The van der Waals surface area contributed by atoms with E-state index in [2.05, 4.69) is 22.3 Å². The van der Waals surface area contributed by atoms with Crippen LogP contribution in [0.5, 0.6) is 0 Å². The van der Waals surface area contributed by atoms with Gasteiger partial charge in [-0.3, -0.25) is 19.7 Å². The van der Waals surface area contributed by atoms with Crippen LogP contribution in [0, 0.1) is 10.1 Å². The van der Waals surface area contributed by atoms with Crippen LogP contribution in [0.4, 0.5) is 10.8 Å². The molecule has 4 aromatic rings. The number of carboxylic acids is 1. The molecule has 0 bridgehead atoms. The largest absolute Gasteiger partial charge is 0.480 e. The third-order valence-corrected chi connectivity index (χ3v) is 6.84. The Labute approximate surface area is 223 Å². The molecule has 0 aliphatic carbocycles. The van der Waals surface area contributed by atoms with E-state index in [-0.39, 0.29) is 5.69 Å². The molecule has 0 radical (unpaired) electrons. The van der Waals surface area contributed by atoms with Crippen molar-refractivity contribution in [3.8, 4) is 11.3 Å². The summed E-state index contributed by atoms with van der Waals surface area (Å²) in [5, 5.41) is 25.3. The van der Waals surface area contributed by atoms with Crippen LogP contribution in [0.2, 0.25) is 0 Å². The quantitative estimate of drug-likeness (QED) is 0.202. The minimum atomic E-state index is -1.10. The lowest BCUT2D eigenvalue weighted by molar-refractivity contribution is -0.384. The van der Waals surface area contributed by atoms with Crippen LogP contribution < -0.4 is 10.2 Å². The fourth-order valence-electron chi connectivity index (χ4n) is 3.80. The molecule has 1 amide bonds. The van der Waals surface area contributed by atoms with E-state index in [0.717, 1.165) is 17.1 Å². The molecule has 1 unspecified atom stereocenters. The minimum absolute atomic E-state index is 0.0138. The van der Waals surface area contributed by atoms with Gasteiger partial charge in [0.1, 0.15) is 6.04 Å². The number of benzene rings is 3. The number of carbonyl (C=O) groups is 2. The van der Waals surface area contributed by atoms with Crippen molar-refractivity contribution in [1.29, 1.82) is 0 Å². The number of hydrogen-bond acceptors (Lipinski definition) is 7. The molecular weight excluding hydrogens is 504 g/mol. The summed E-state index contributed by atoms with van der Waals surface area (Å²) in [5.41, 5.74) is 3.87. The van der Waals surface area contributed by atoms with E-state index < -0.39 is 22.8 Å². The topological polar surface area (TPSA) is 126 Å². The minimum Gasteiger partial charge on any atom is -0.480 e. The highest BCUT2D eigenvalue weighted by molar-refractivity contribution is 7.14. The molecule has 0 aliphatic rings. The number of nitrogens with one attached hydrogen (secondary N) is 1. The lowest BCUT2D eigenvalue weighted by Gasteiger charge is -2.22. The van der Waals surface area contributed by atoms with Crippen LogP contribution >= 0.6 is 11.3 Å². The number of nitro benzene ring substituents is 1. The lowest BCUT2D eigenvalue weighted by atomic mass is 10.1. The lowest BCUT2D eigenvalue weighted by Crippen LogP contribution is -2.38. The predicted molar refractivity (Wildman–Crippen MR) is 146 cm³/mol. The average molecular weight is 531 g/mol. The Morgan fingerprint density at radius 3 is 2.47 bits per heavy atom. The maximum Gasteiger partial charge on any atom is 0.325 e. The van der Waals surface area contributed by atoms with E-state index >= 15 is 0 Å². The number of hydrogen-bond donors (Lipinski definition) is 2. The van der Waals surface area contributed by atoms with Crippen LogP contribution in [0.15, 0.2) is 84.2 Å². The second kappa shape index (κ2) is 12.1. The molecule has 1 aromatic heterocycles. The molecule has 0 saturated carbocycles. The SMILES string of the molecule is CC(NC(=O)c1ccc(CN(CCc2ccccc2)c2nc(-c3cccc([N+](=O)[O-])c3)cs2)cc1)C(=O)O. The Morgan fingerprint density at radius 2 is 1.79 bits per heavy atom. The van der Waals surface area contributed by atoms with E-state index in [1.165, 1.54) is 36.0 Å². The van der Waals surface area contributed by atoms with E-state index in [0.29, 0.717) is 29.9 Å². The fourth-order valence-corrected chi connectivity index (χ4v) is 4.66. The van der Waals surface area contributed by atoms with Gasteiger partial charge in [0.2, 0.25) is 0 Å². The molecule has 194 valence electrons. The summed E-state index contributed by atoms with van der Waals surface area (Å²) in [6.45, 7) is 2.63. The van der Waals surface area contributed by atoms with Crippen molar-refractivity contribution in [2.75, 3.05) is 11.4 Å². The van der Waals surface area contributed by atoms with Gasteiger partial charge in [-0.15, -0.1) is 11.3 Å². The first-order valence-corrected chi connectivity index (χ1v) is 12.8. The van der Waals surface area contributed by atoms with Crippen LogP contribution in [0.1, 0.15) is 28.4 Å². The van der Waals surface area contributed by atoms with Crippen molar-refractivity contribution < 1.29 is 19.6 Å². The number of amides is 1. The average Bonchev–Trinajstić information content (AvgIpc) is 3.42. The maximum absolute atomic E-state index is 12.3. The molecule has 4 rings (SSSR count). The third-order valence-electron chi connectivity index (χ3n) is 5.94. The van der Waals surface area contributed by atoms with Crippen LogP contribution in [-0.2, 0) is 17.8 Å². The number of aromatic nitrogens is 1. The molecular formula is C28H26N4O5S. The number of nitrogens with zero attached hydrogens (tertiary/aromatic N) is 3. The summed E-state index contributed by atoms with van der Waals surface area (Å²) < 4.78 is 0. The normalized spacial score (nSPS) is 11.5. The molecule has 1 atom stereocenters. The summed E-state index contributed by atoms with van der Waals surface area (Å²) in [5.74, 6) is -1.55. The maximum atomic E-state index is 12.3. The summed E-state index contributed by atoms with van der Waals surface area (Å²) in [6, 6.07) is 22.6. The van der Waals surface area contributed by atoms with E-state index in [4.69, 9.17) is 10.1 Å². The number of non-ortho nitro benzene ring substituents is 1. The summed E-state index contributed by atoms with van der Waals surface area (Å²) in [7, 11) is 0. The molecule has 0 fully saturated rings. The molecule has 10 heteroatoms. The van der Waals surface area contributed by atoms with E-state index in [1.54, 1.807) is 24.3 Å². The zero-order valence-corrected chi connectivity index (χ0v) is 21.4. The summed E-state index contributed by atoms with van der Waals surface area (Å²) in [4.78, 5) is 41.1. The van der Waals surface area contributed by atoms with Crippen LogP contribution in [0.25, 0.3) is 11.3 Å². The standard InChI is InChI=1S/C28H26N4O5S/c1-19(27(34)35)29-26(33)22-12-10-21(11-13-22)17-31(15-14-20-6-3-2-4-7-20)28-30-25(18-38-28)23-8-5-9-24(16-23)32(36)37/h2-13,16,18-19H,14-15,17H2,1H3,(H,29,33)(H,34,35). The predicted octanol–water partition coefficient (Wildman–Crippen LogP) is 5.17. The van der Waals surface area contributed by atoms with E-state index in [9.17, 15) is 19.7 Å². The molecule has 38 heavy (non-hydrogen) atoms. The van der Waals surface area contributed by atoms with Crippen LogP contribution in [0.3, 0.4) is 0 Å². The Balaban J connectivity index is 1.54. The number of thiazole rings is 1. The van der Waals surface area contributed by atoms with Crippen LogP contribution in [-0.4, -0.2) is 39.5 Å². The second-order valence-corrected chi connectivity index (χ2v) is 9.55. The van der Waals surface area contributed by atoms with Crippen molar-refractivity contribution in [3.05, 3.63) is 111 Å². The number of carboxylic acid groups (broad SMARTS) is 1. The summed E-state index contributed by atoms with van der Waals surface area (Å²) in [6.07, 6.45) is 0.792. The fraction of sp³-hybridized carbons (Fsp3) is 0.179. The molecule has 0 saturated heterocycles. The third kappa shape index (κ3) is 6.80. The van der Waals surface area contributed by atoms with Gasteiger partial charge in [0.05, 0.1) is 10.6 Å². The highest BCUT2D eigenvalue weighted by atomic mass is 32.1. The number of anilines is 1. The highest BCUT2D eigenvalue weighted by Crippen LogP contribution is 2.30. The molecule has 2 N–H and O–H groups in total. The molecule has 0 spiro atoms. The Bertz CT molecular complexity index is 1420. The van der Waals surface area contributed by atoms with Gasteiger partial charge in [0, 0.05) is 41.7 Å². The van der Waals surface area contributed by atoms with Gasteiger partial charge in [-0.2, -0.15) is 0 Å². The summed E-state index contributed by atoms with van der Waals surface area (Å²) >= 11 is 1.46. The number of rotatable bonds is 11. The first-order chi connectivity index (χ1) is 18.3. The van der Waals surface area contributed by atoms with Gasteiger partial charge in [0.15, 0.2) is 5.13 Å². The zero-order chi connectivity index (χ0) is 27.1. The Morgan fingerprint density at radius 1 is 1.05 bits per heavy atom. The number of carbonyl (C=O) groups excluding carboxylic acids is 1. The van der Waals surface area contributed by atoms with Gasteiger partial charge in [-0.05, 0) is 36.6 Å². The zero-order valence-electron chi connectivity index (χ0n) is 20.6. The Kier molecular flexibility index (Phi) is 8.44. The van der Waals surface area contributed by atoms with E-state index in [1.807, 2.05) is 35.7 Å². The highest BCUT2D eigenvalue weighted by Gasteiger charge is 2.17. The van der Waals surface area contributed by atoms with Gasteiger partial charge in [-0.1, -0.05) is 54.6 Å². The number of aliphatic carboxylic acids is 1. The second-order valence-electron chi connectivity index (χ2n) is 8.71. The molecule has 9 nitrogen and oxygen atoms in total. The number of nitro groups is 1. The van der Waals surface area contributed by atoms with Crippen molar-refractivity contribution in [1.82, 2.24) is 10.3 Å². The van der Waals surface area contributed by atoms with Crippen molar-refractivity contribution >= 4 is 34.0 Å².